The van der Waals surface area contributed by atoms with Crippen molar-refractivity contribution in [2.24, 2.45) is 0 Å². The maximum Gasteiger partial charge on any atom is 0.292 e. The molecular weight excluding hydrogens is 240 g/mol. The van der Waals surface area contributed by atoms with Gasteiger partial charge >= 0.3 is 0 Å². The van der Waals surface area contributed by atoms with Crippen molar-refractivity contribution >= 4 is 10.1 Å². The Hall–Kier alpha value is -0.910. The molecule has 2 atom stereocenters. The molecule has 0 amide bonds. The van der Waals surface area contributed by atoms with E-state index < -0.39 is 15.6 Å². The van der Waals surface area contributed by atoms with Gasteiger partial charge in [-0.05, 0) is 42.9 Å². The molecule has 0 bridgehead atoms. The van der Waals surface area contributed by atoms with Gasteiger partial charge in [0.25, 0.3) is 10.1 Å². The summed E-state index contributed by atoms with van der Waals surface area (Å²) < 4.78 is 30.2. The highest BCUT2D eigenvalue weighted by Gasteiger charge is 2.23. The van der Waals surface area contributed by atoms with Crippen molar-refractivity contribution in [3.05, 3.63) is 34.9 Å². The predicted molar refractivity (Wildman–Crippen MR) is 66.5 cm³/mol. The fourth-order valence-corrected chi connectivity index (χ4v) is 2.39. The van der Waals surface area contributed by atoms with E-state index in [2.05, 4.69) is 0 Å². The highest BCUT2D eigenvalue weighted by atomic mass is 32.2. The summed E-state index contributed by atoms with van der Waals surface area (Å²) in [6, 6.07) is 5.78. The van der Waals surface area contributed by atoms with Gasteiger partial charge in [0, 0.05) is 0 Å². The first-order chi connectivity index (χ1) is 7.73. The summed E-state index contributed by atoms with van der Waals surface area (Å²) in [6.45, 7) is 5.77. The quantitative estimate of drug-likeness (QED) is 0.810. The average Bonchev–Trinajstić information content (AvgIpc) is 2.20. The standard InChI is InChI=1S/C12H18O4S/c1-8-5-4-6-11(10(8)3)9(2)7-12(13)17(14,15)16/h4-6,9,12-13H,7H2,1-3H3,(H,14,15,16). The van der Waals surface area contributed by atoms with Crippen LogP contribution >= 0.6 is 0 Å². The van der Waals surface area contributed by atoms with Crippen LogP contribution in [0.2, 0.25) is 0 Å². The van der Waals surface area contributed by atoms with Crippen molar-refractivity contribution in [3.8, 4) is 0 Å². The second-order valence-electron chi connectivity index (χ2n) is 4.40. The van der Waals surface area contributed by atoms with Gasteiger partial charge in [-0.1, -0.05) is 25.1 Å². The molecule has 96 valence electrons. The highest BCUT2D eigenvalue weighted by Crippen LogP contribution is 2.26. The molecule has 4 nitrogen and oxygen atoms in total. The van der Waals surface area contributed by atoms with Gasteiger partial charge in [-0.25, -0.2) is 0 Å². The van der Waals surface area contributed by atoms with Gasteiger partial charge in [0.2, 0.25) is 0 Å². The lowest BCUT2D eigenvalue weighted by Gasteiger charge is -2.18. The number of hydrogen-bond acceptors (Lipinski definition) is 3. The largest absolute Gasteiger partial charge is 0.375 e. The Bertz CT molecular complexity index is 493. The zero-order valence-electron chi connectivity index (χ0n) is 10.2. The van der Waals surface area contributed by atoms with Crippen LogP contribution in [0.4, 0.5) is 0 Å². The lowest BCUT2D eigenvalue weighted by molar-refractivity contribution is 0.215. The Labute approximate surface area is 102 Å². The summed E-state index contributed by atoms with van der Waals surface area (Å²) >= 11 is 0. The van der Waals surface area contributed by atoms with Crippen LogP contribution in [0, 0.1) is 13.8 Å². The molecule has 0 fully saturated rings. The first-order valence-electron chi connectivity index (χ1n) is 5.44. The van der Waals surface area contributed by atoms with Crippen molar-refractivity contribution in [3.63, 3.8) is 0 Å². The summed E-state index contributed by atoms with van der Waals surface area (Å²) in [6.07, 6.45) is -0.0108. The van der Waals surface area contributed by atoms with E-state index in [1.807, 2.05) is 39.0 Å². The molecule has 1 aromatic carbocycles. The monoisotopic (exact) mass is 258 g/mol. The Morgan fingerprint density at radius 1 is 1.29 bits per heavy atom. The van der Waals surface area contributed by atoms with E-state index in [0.717, 1.165) is 16.7 Å². The number of aryl methyl sites for hydroxylation is 1. The van der Waals surface area contributed by atoms with E-state index in [4.69, 9.17) is 4.55 Å². The lowest BCUT2D eigenvalue weighted by atomic mass is 9.92. The molecule has 0 heterocycles. The average molecular weight is 258 g/mol. The fraction of sp³-hybridized carbons (Fsp3) is 0.500. The summed E-state index contributed by atoms with van der Waals surface area (Å²) in [7, 11) is -4.37. The van der Waals surface area contributed by atoms with Crippen molar-refractivity contribution in [2.75, 3.05) is 0 Å². The lowest BCUT2D eigenvalue weighted by Crippen LogP contribution is -2.22. The van der Waals surface area contributed by atoms with Gasteiger partial charge in [-0.2, -0.15) is 8.42 Å². The molecule has 2 unspecified atom stereocenters. The second kappa shape index (κ2) is 5.16. The minimum Gasteiger partial charge on any atom is -0.375 e. The van der Waals surface area contributed by atoms with Crippen LogP contribution in [0.25, 0.3) is 0 Å². The molecule has 0 aliphatic carbocycles. The Kier molecular flexibility index (Phi) is 4.30. The second-order valence-corrected chi connectivity index (χ2v) is 5.97. The topological polar surface area (TPSA) is 74.6 Å². The number of aliphatic hydroxyl groups excluding tert-OH is 1. The maximum absolute atomic E-state index is 10.8. The molecule has 0 aromatic heterocycles. The molecular formula is C12H18O4S. The van der Waals surface area contributed by atoms with E-state index in [1.54, 1.807) is 0 Å². The molecule has 1 rings (SSSR count). The van der Waals surface area contributed by atoms with Crippen molar-refractivity contribution in [2.45, 2.75) is 38.5 Å². The third-order valence-corrected chi connectivity index (χ3v) is 3.96. The summed E-state index contributed by atoms with van der Waals surface area (Å²) in [5.41, 5.74) is 1.48. The molecule has 0 saturated carbocycles. The van der Waals surface area contributed by atoms with Gasteiger partial charge in [0.1, 0.15) is 0 Å². The van der Waals surface area contributed by atoms with Gasteiger partial charge in [0.05, 0.1) is 0 Å². The molecule has 17 heavy (non-hydrogen) atoms. The first kappa shape index (κ1) is 14.2. The molecule has 1 aromatic rings. The van der Waals surface area contributed by atoms with Crippen LogP contribution in [0.15, 0.2) is 18.2 Å². The van der Waals surface area contributed by atoms with Crippen LogP contribution in [0.5, 0.6) is 0 Å². The van der Waals surface area contributed by atoms with Crippen LogP contribution in [0.3, 0.4) is 0 Å². The van der Waals surface area contributed by atoms with Crippen LogP contribution in [0.1, 0.15) is 36.0 Å². The van der Waals surface area contributed by atoms with Crippen LogP contribution in [-0.4, -0.2) is 23.5 Å². The minimum atomic E-state index is -4.37. The maximum atomic E-state index is 10.8. The third-order valence-electron chi connectivity index (χ3n) is 3.08. The number of aliphatic hydroxyl groups is 1. The summed E-state index contributed by atoms with van der Waals surface area (Å²) in [5.74, 6) is -0.133. The summed E-state index contributed by atoms with van der Waals surface area (Å²) in [5, 5.41) is 9.34. The highest BCUT2D eigenvalue weighted by molar-refractivity contribution is 7.86. The van der Waals surface area contributed by atoms with E-state index in [1.165, 1.54) is 0 Å². The predicted octanol–water partition coefficient (Wildman–Crippen LogP) is 2.00. The molecule has 5 heteroatoms. The van der Waals surface area contributed by atoms with Crippen LogP contribution < -0.4 is 0 Å². The van der Waals surface area contributed by atoms with E-state index in [-0.39, 0.29) is 12.3 Å². The fourth-order valence-electron chi connectivity index (χ4n) is 1.86. The third kappa shape index (κ3) is 3.52. The van der Waals surface area contributed by atoms with E-state index >= 15 is 0 Å². The first-order valence-corrected chi connectivity index (χ1v) is 6.94. The number of rotatable bonds is 4. The zero-order chi connectivity index (χ0) is 13.2. The van der Waals surface area contributed by atoms with Gasteiger partial charge < -0.3 is 5.11 Å². The van der Waals surface area contributed by atoms with Crippen molar-refractivity contribution < 1.29 is 18.1 Å². The van der Waals surface area contributed by atoms with Crippen molar-refractivity contribution in [1.82, 2.24) is 0 Å². The van der Waals surface area contributed by atoms with Crippen LogP contribution in [-0.2, 0) is 10.1 Å². The molecule has 0 radical (unpaired) electrons. The molecule has 0 aliphatic rings. The summed E-state index contributed by atoms with van der Waals surface area (Å²) in [4.78, 5) is 0. The SMILES string of the molecule is Cc1cccc(C(C)CC(O)S(=O)(=O)O)c1C. The molecule has 0 aliphatic heterocycles. The molecule has 2 N–H and O–H groups in total. The van der Waals surface area contributed by atoms with E-state index in [9.17, 15) is 13.5 Å². The minimum absolute atomic E-state index is 0.0108. The number of benzene rings is 1. The zero-order valence-corrected chi connectivity index (χ0v) is 11.0. The Morgan fingerprint density at radius 2 is 1.88 bits per heavy atom. The van der Waals surface area contributed by atoms with E-state index in [0.29, 0.717) is 0 Å². The van der Waals surface area contributed by atoms with Gasteiger partial charge in [0.15, 0.2) is 5.44 Å². The Morgan fingerprint density at radius 3 is 2.41 bits per heavy atom. The number of hydrogen-bond donors (Lipinski definition) is 2. The molecule has 0 spiro atoms. The van der Waals surface area contributed by atoms with Gasteiger partial charge in [-0.15, -0.1) is 0 Å². The van der Waals surface area contributed by atoms with Crippen molar-refractivity contribution in [1.29, 1.82) is 0 Å². The Balaban J connectivity index is 2.91. The molecule has 0 saturated heterocycles. The normalized spacial score (nSPS) is 15.6. The van der Waals surface area contributed by atoms with Gasteiger partial charge in [-0.3, -0.25) is 4.55 Å². The smallest absolute Gasteiger partial charge is 0.292 e.